The third-order valence-corrected chi connectivity index (χ3v) is 2.85. The minimum absolute atomic E-state index is 0.417. The number of ether oxygens (including phenoxy) is 1. The average molecular weight is 202 g/mol. The van der Waals surface area contributed by atoms with Crippen molar-refractivity contribution in [1.29, 1.82) is 0 Å². The van der Waals surface area contributed by atoms with Crippen molar-refractivity contribution in [3.8, 4) is 0 Å². The summed E-state index contributed by atoms with van der Waals surface area (Å²) in [6, 6.07) is 0. The Labute approximate surface area is 85.2 Å². The molecule has 13 heavy (non-hydrogen) atoms. The van der Waals surface area contributed by atoms with E-state index in [1.54, 1.807) is 7.11 Å². The lowest BCUT2D eigenvalue weighted by Crippen LogP contribution is -2.41. The van der Waals surface area contributed by atoms with Crippen molar-refractivity contribution in [1.82, 2.24) is 4.90 Å². The second kappa shape index (κ2) is 5.52. The van der Waals surface area contributed by atoms with E-state index in [1.165, 1.54) is 6.42 Å². The molecule has 0 bridgehead atoms. The first kappa shape index (κ1) is 10.9. The van der Waals surface area contributed by atoms with Gasteiger partial charge in [-0.3, -0.25) is 0 Å². The number of rotatable bonds is 4. The third-order valence-electron chi connectivity index (χ3n) is 2.52. The highest BCUT2D eigenvalue weighted by Crippen LogP contribution is 2.16. The fourth-order valence-corrected chi connectivity index (χ4v) is 1.90. The van der Waals surface area contributed by atoms with Gasteiger partial charge in [-0.05, 0) is 19.4 Å². The highest BCUT2D eigenvalue weighted by molar-refractivity contribution is 7.80. The molecule has 1 saturated heterocycles. The summed E-state index contributed by atoms with van der Waals surface area (Å²) < 4.78 is 5.03. The highest BCUT2D eigenvalue weighted by atomic mass is 32.1. The first-order valence-corrected chi connectivity index (χ1v) is 5.15. The van der Waals surface area contributed by atoms with Crippen LogP contribution in [-0.4, -0.2) is 43.2 Å². The van der Waals surface area contributed by atoms with Crippen molar-refractivity contribution in [2.24, 2.45) is 11.7 Å². The number of hydrogen-bond donors (Lipinski definition) is 1. The molecule has 4 heteroatoms. The van der Waals surface area contributed by atoms with Crippen molar-refractivity contribution in [3.05, 3.63) is 0 Å². The van der Waals surface area contributed by atoms with E-state index in [9.17, 15) is 0 Å². The van der Waals surface area contributed by atoms with Crippen LogP contribution in [-0.2, 0) is 4.74 Å². The minimum Gasteiger partial charge on any atom is -0.393 e. The Balaban J connectivity index is 2.29. The summed E-state index contributed by atoms with van der Waals surface area (Å²) in [5.41, 5.74) is 5.63. The molecular weight excluding hydrogens is 184 g/mol. The van der Waals surface area contributed by atoms with Gasteiger partial charge < -0.3 is 15.4 Å². The van der Waals surface area contributed by atoms with E-state index >= 15 is 0 Å². The largest absolute Gasteiger partial charge is 0.393 e. The van der Waals surface area contributed by atoms with E-state index in [2.05, 4.69) is 4.90 Å². The van der Waals surface area contributed by atoms with Crippen LogP contribution in [0.3, 0.4) is 0 Å². The molecule has 1 aliphatic heterocycles. The van der Waals surface area contributed by atoms with Crippen molar-refractivity contribution in [2.75, 3.05) is 33.4 Å². The zero-order chi connectivity index (χ0) is 9.68. The van der Waals surface area contributed by atoms with Crippen LogP contribution in [0.2, 0.25) is 0 Å². The maximum absolute atomic E-state index is 5.63. The zero-order valence-electron chi connectivity index (χ0n) is 8.16. The number of methoxy groups -OCH3 is 1. The molecule has 0 amide bonds. The average Bonchev–Trinajstić information content (AvgIpc) is 2.15. The number of nitrogens with two attached hydrogens (primary N) is 1. The normalized spacial score (nSPS) is 24.5. The maximum Gasteiger partial charge on any atom is 0.0771 e. The first-order valence-electron chi connectivity index (χ1n) is 4.74. The summed E-state index contributed by atoms with van der Waals surface area (Å²) in [5.74, 6) is 0.417. The molecule has 0 aromatic rings. The Morgan fingerprint density at radius 3 is 3.08 bits per heavy atom. The number of likely N-dealkylation sites (tertiary alicyclic amines) is 1. The van der Waals surface area contributed by atoms with Gasteiger partial charge in [0.05, 0.1) is 11.6 Å². The first-order chi connectivity index (χ1) is 6.24. The van der Waals surface area contributed by atoms with E-state index in [4.69, 9.17) is 22.7 Å². The quantitative estimate of drug-likeness (QED) is 0.679. The Bertz CT molecular complexity index is 175. The van der Waals surface area contributed by atoms with Crippen molar-refractivity contribution in [3.63, 3.8) is 0 Å². The molecule has 1 unspecified atom stereocenters. The van der Waals surface area contributed by atoms with Crippen LogP contribution in [0.25, 0.3) is 0 Å². The van der Waals surface area contributed by atoms with Gasteiger partial charge in [0.1, 0.15) is 0 Å². The minimum atomic E-state index is 0.417. The van der Waals surface area contributed by atoms with E-state index in [0.717, 1.165) is 32.7 Å². The molecule has 0 aliphatic carbocycles. The lowest BCUT2D eigenvalue weighted by molar-refractivity contribution is 0.127. The lowest BCUT2D eigenvalue weighted by Gasteiger charge is -2.31. The summed E-state index contributed by atoms with van der Waals surface area (Å²) >= 11 is 5.00. The van der Waals surface area contributed by atoms with E-state index in [-0.39, 0.29) is 0 Å². The molecule has 0 saturated carbocycles. The summed E-state index contributed by atoms with van der Waals surface area (Å²) in [6.45, 7) is 3.96. The molecule has 1 aliphatic rings. The van der Waals surface area contributed by atoms with Crippen LogP contribution in [0.5, 0.6) is 0 Å². The lowest BCUT2D eigenvalue weighted by atomic mass is 9.98. The summed E-state index contributed by atoms with van der Waals surface area (Å²) in [4.78, 5) is 3.04. The summed E-state index contributed by atoms with van der Waals surface area (Å²) in [7, 11) is 1.73. The van der Waals surface area contributed by atoms with Gasteiger partial charge in [0.15, 0.2) is 0 Å². The molecule has 0 radical (unpaired) electrons. The number of hydrogen-bond acceptors (Lipinski definition) is 3. The molecule has 0 aromatic carbocycles. The predicted octanol–water partition coefficient (Wildman–Crippen LogP) is 0.631. The van der Waals surface area contributed by atoms with E-state index in [1.807, 2.05) is 0 Å². The van der Waals surface area contributed by atoms with E-state index < -0.39 is 0 Å². The van der Waals surface area contributed by atoms with Gasteiger partial charge in [-0.25, -0.2) is 0 Å². The van der Waals surface area contributed by atoms with Crippen molar-refractivity contribution < 1.29 is 4.74 Å². The molecule has 0 spiro atoms. The molecule has 1 heterocycles. The van der Waals surface area contributed by atoms with Crippen molar-refractivity contribution in [2.45, 2.75) is 12.8 Å². The second-order valence-electron chi connectivity index (χ2n) is 3.53. The Hall–Kier alpha value is -0.190. The van der Waals surface area contributed by atoms with Gasteiger partial charge in [0.25, 0.3) is 0 Å². The topological polar surface area (TPSA) is 38.5 Å². The van der Waals surface area contributed by atoms with Gasteiger partial charge in [-0.2, -0.15) is 0 Å². The molecular formula is C9H18N2OS. The smallest absolute Gasteiger partial charge is 0.0771 e. The van der Waals surface area contributed by atoms with Crippen LogP contribution in [0.4, 0.5) is 0 Å². The van der Waals surface area contributed by atoms with Crippen LogP contribution in [0.1, 0.15) is 12.8 Å². The van der Waals surface area contributed by atoms with E-state index in [0.29, 0.717) is 10.9 Å². The standard InChI is InChI=1S/C9H18N2OS/c1-12-6-5-11-4-2-3-8(7-11)9(10)13/h8H,2-7H2,1H3,(H2,10,13). The Morgan fingerprint density at radius 2 is 2.46 bits per heavy atom. The number of piperidine rings is 1. The van der Waals surface area contributed by atoms with Gasteiger partial charge in [0.2, 0.25) is 0 Å². The third kappa shape index (κ3) is 3.58. The van der Waals surface area contributed by atoms with Crippen LogP contribution in [0.15, 0.2) is 0 Å². The predicted molar refractivity (Wildman–Crippen MR) is 57.8 cm³/mol. The number of thiocarbonyl (C=S) groups is 1. The molecule has 1 rings (SSSR count). The van der Waals surface area contributed by atoms with Gasteiger partial charge in [-0.15, -0.1) is 0 Å². The fourth-order valence-electron chi connectivity index (χ4n) is 1.71. The van der Waals surface area contributed by atoms with Gasteiger partial charge in [0, 0.05) is 26.1 Å². The van der Waals surface area contributed by atoms with Crippen molar-refractivity contribution >= 4 is 17.2 Å². The van der Waals surface area contributed by atoms with Gasteiger partial charge in [-0.1, -0.05) is 12.2 Å². The molecule has 1 fully saturated rings. The highest BCUT2D eigenvalue weighted by Gasteiger charge is 2.20. The second-order valence-corrected chi connectivity index (χ2v) is 4.01. The summed E-state index contributed by atoms with van der Waals surface area (Å²) in [6.07, 6.45) is 2.35. The molecule has 76 valence electrons. The Morgan fingerprint density at radius 1 is 1.69 bits per heavy atom. The summed E-state index contributed by atoms with van der Waals surface area (Å²) in [5, 5.41) is 0. The molecule has 3 nitrogen and oxygen atoms in total. The Kier molecular flexibility index (Phi) is 4.62. The van der Waals surface area contributed by atoms with Gasteiger partial charge >= 0.3 is 0 Å². The fraction of sp³-hybridized carbons (Fsp3) is 0.889. The monoisotopic (exact) mass is 202 g/mol. The maximum atomic E-state index is 5.63. The number of nitrogens with zero attached hydrogens (tertiary/aromatic N) is 1. The van der Waals surface area contributed by atoms with Crippen LogP contribution >= 0.6 is 12.2 Å². The van der Waals surface area contributed by atoms with Crippen LogP contribution < -0.4 is 5.73 Å². The SMILES string of the molecule is COCCN1CCCC(C(N)=S)C1. The molecule has 0 aromatic heterocycles. The molecule has 2 N–H and O–H groups in total. The van der Waals surface area contributed by atoms with Crippen LogP contribution in [0, 0.1) is 5.92 Å². The zero-order valence-corrected chi connectivity index (χ0v) is 8.98. The molecule has 1 atom stereocenters.